The van der Waals surface area contributed by atoms with Crippen LogP contribution in [0.3, 0.4) is 0 Å². The molecule has 0 aliphatic heterocycles. The highest BCUT2D eigenvalue weighted by atomic mass is 35.5. The molecule has 0 radical (unpaired) electrons. The molecule has 5 nitrogen and oxygen atoms in total. The van der Waals surface area contributed by atoms with Gasteiger partial charge < -0.3 is 15.6 Å². The van der Waals surface area contributed by atoms with Crippen LogP contribution in [0.4, 0.5) is 16.2 Å². The molecule has 0 aliphatic carbocycles. The van der Waals surface area contributed by atoms with E-state index in [1.165, 1.54) is 18.2 Å². The smallest absolute Gasteiger partial charge is 0.411 e. The molecule has 0 unspecified atom stereocenters. The maximum absolute atomic E-state index is 11.1. The van der Waals surface area contributed by atoms with Gasteiger partial charge in [0.1, 0.15) is 12.4 Å². The number of carbonyl (C=O) groups excluding carboxylic acids is 1. The predicted octanol–water partition coefficient (Wildman–Crippen LogP) is 1.76. The number of alkyl halides is 1. The van der Waals surface area contributed by atoms with E-state index in [2.05, 4.69) is 10.1 Å². The molecule has 1 amide bonds. The minimum absolute atomic E-state index is 0.0327. The third-order valence-corrected chi connectivity index (χ3v) is 1.74. The number of rotatable bonds is 3. The second-order valence-corrected chi connectivity index (χ2v) is 3.10. The number of halogens is 1. The maximum Gasteiger partial charge on any atom is 0.411 e. The molecule has 0 saturated carbocycles. The Morgan fingerprint density at radius 3 is 2.93 bits per heavy atom. The Bertz CT molecular complexity index is 357. The molecule has 1 aromatic rings. The summed E-state index contributed by atoms with van der Waals surface area (Å²) >= 11 is 5.34. The summed E-state index contributed by atoms with van der Waals surface area (Å²) in [5.41, 5.74) is 6.07. The Labute approximate surface area is 91.8 Å². The van der Waals surface area contributed by atoms with Crippen molar-refractivity contribution in [2.45, 2.75) is 0 Å². The van der Waals surface area contributed by atoms with E-state index in [1.54, 1.807) is 0 Å². The minimum atomic E-state index is -0.610. The van der Waals surface area contributed by atoms with Crippen molar-refractivity contribution in [2.24, 2.45) is 0 Å². The number of nitrogens with one attached hydrogen (secondary N) is 1. The molecule has 0 aromatic heterocycles. The van der Waals surface area contributed by atoms with Gasteiger partial charge in [-0.2, -0.15) is 0 Å². The van der Waals surface area contributed by atoms with Crippen LogP contribution in [-0.4, -0.2) is 23.7 Å². The van der Waals surface area contributed by atoms with Crippen LogP contribution in [-0.2, 0) is 4.74 Å². The van der Waals surface area contributed by atoms with Gasteiger partial charge in [0.05, 0.1) is 11.6 Å². The van der Waals surface area contributed by atoms with Crippen LogP contribution in [0.25, 0.3) is 0 Å². The largest absolute Gasteiger partial charge is 0.506 e. The molecule has 1 rings (SSSR count). The van der Waals surface area contributed by atoms with Crippen molar-refractivity contribution < 1.29 is 14.6 Å². The third-order valence-electron chi connectivity index (χ3n) is 1.58. The fourth-order valence-corrected chi connectivity index (χ4v) is 0.995. The number of hydrogen-bond donors (Lipinski definition) is 3. The molecule has 0 bridgehead atoms. The van der Waals surface area contributed by atoms with Crippen LogP contribution in [0.15, 0.2) is 18.2 Å². The van der Waals surface area contributed by atoms with Gasteiger partial charge in [0.25, 0.3) is 0 Å². The number of anilines is 2. The lowest BCUT2D eigenvalue weighted by molar-refractivity contribution is 0.168. The molecule has 15 heavy (non-hydrogen) atoms. The van der Waals surface area contributed by atoms with Crippen LogP contribution < -0.4 is 11.1 Å². The predicted molar refractivity (Wildman–Crippen MR) is 58.2 cm³/mol. The Hall–Kier alpha value is -1.62. The first-order chi connectivity index (χ1) is 7.13. The number of benzene rings is 1. The van der Waals surface area contributed by atoms with Crippen LogP contribution in [0.5, 0.6) is 5.75 Å². The molecular weight excluding hydrogens is 220 g/mol. The van der Waals surface area contributed by atoms with Crippen LogP contribution in [0.1, 0.15) is 0 Å². The zero-order valence-corrected chi connectivity index (χ0v) is 8.62. The second-order valence-electron chi connectivity index (χ2n) is 2.72. The van der Waals surface area contributed by atoms with Crippen LogP contribution >= 0.6 is 11.6 Å². The zero-order valence-electron chi connectivity index (χ0n) is 7.87. The Morgan fingerprint density at radius 2 is 2.33 bits per heavy atom. The summed E-state index contributed by atoms with van der Waals surface area (Å²) in [6.07, 6.45) is -0.610. The number of aromatic hydroxyl groups is 1. The van der Waals surface area contributed by atoms with Gasteiger partial charge >= 0.3 is 6.09 Å². The Balaban J connectivity index is 2.57. The number of hydrogen-bond acceptors (Lipinski definition) is 4. The summed E-state index contributed by atoms with van der Waals surface area (Å²) in [6, 6.07) is 4.32. The number of nitrogens with two attached hydrogens (primary N) is 1. The van der Waals surface area contributed by atoms with Crippen molar-refractivity contribution in [1.29, 1.82) is 0 Å². The lowest BCUT2D eigenvalue weighted by atomic mass is 10.2. The average Bonchev–Trinajstić information content (AvgIpc) is 2.20. The normalized spacial score (nSPS) is 9.67. The molecule has 1 aromatic carbocycles. The molecule has 0 atom stereocenters. The standard InChI is InChI=1S/C9H11ClN2O3/c10-3-4-15-9(14)12-6-1-2-8(13)7(11)5-6/h1-2,5,13H,3-4,11H2,(H,12,14). The van der Waals surface area contributed by atoms with E-state index in [0.29, 0.717) is 5.69 Å². The van der Waals surface area contributed by atoms with Gasteiger partial charge in [-0.05, 0) is 18.2 Å². The summed E-state index contributed by atoms with van der Waals surface area (Å²) in [5, 5.41) is 11.6. The molecular formula is C9H11ClN2O3. The number of nitrogen functional groups attached to an aromatic ring is 1. The minimum Gasteiger partial charge on any atom is -0.506 e. The average molecular weight is 231 g/mol. The SMILES string of the molecule is Nc1cc(NC(=O)OCCCl)ccc1O. The highest BCUT2D eigenvalue weighted by Crippen LogP contribution is 2.23. The van der Waals surface area contributed by atoms with Crippen molar-refractivity contribution in [1.82, 2.24) is 0 Å². The lowest BCUT2D eigenvalue weighted by Gasteiger charge is -2.06. The maximum atomic E-state index is 11.1. The molecule has 4 N–H and O–H groups in total. The molecule has 0 heterocycles. The van der Waals surface area contributed by atoms with Gasteiger partial charge in [0.2, 0.25) is 0 Å². The fourth-order valence-electron chi connectivity index (χ4n) is 0.917. The van der Waals surface area contributed by atoms with Gasteiger partial charge in [-0.1, -0.05) is 0 Å². The number of carbonyl (C=O) groups is 1. The second kappa shape index (κ2) is 5.31. The summed E-state index contributed by atoms with van der Waals surface area (Å²) in [5.74, 6) is 0.208. The van der Waals surface area contributed by atoms with E-state index in [9.17, 15) is 4.79 Å². The molecule has 0 spiro atoms. The van der Waals surface area contributed by atoms with Gasteiger partial charge in [-0.3, -0.25) is 5.32 Å². The molecule has 82 valence electrons. The summed E-state index contributed by atoms with van der Waals surface area (Å²) in [6.45, 7) is 0.140. The van der Waals surface area contributed by atoms with Gasteiger partial charge in [-0.15, -0.1) is 11.6 Å². The van der Waals surface area contributed by atoms with Crippen molar-refractivity contribution in [2.75, 3.05) is 23.5 Å². The first-order valence-electron chi connectivity index (χ1n) is 4.21. The monoisotopic (exact) mass is 230 g/mol. The van der Waals surface area contributed by atoms with Crippen molar-refractivity contribution in [3.63, 3.8) is 0 Å². The van der Waals surface area contributed by atoms with E-state index >= 15 is 0 Å². The number of ether oxygens (including phenoxy) is 1. The highest BCUT2D eigenvalue weighted by molar-refractivity contribution is 6.18. The van der Waals surface area contributed by atoms with Gasteiger partial charge in [-0.25, -0.2) is 4.79 Å². The molecule has 6 heteroatoms. The van der Waals surface area contributed by atoms with Crippen LogP contribution in [0, 0.1) is 0 Å². The van der Waals surface area contributed by atoms with Gasteiger partial charge in [0, 0.05) is 5.69 Å². The number of phenols is 1. The van der Waals surface area contributed by atoms with Crippen molar-refractivity contribution >= 4 is 29.1 Å². The quantitative estimate of drug-likeness (QED) is 0.320. The number of amides is 1. The lowest BCUT2D eigenvalue weighted by Crippen LogP contribution is -2.14. The summed E-state index contributed by atoms with van der Waals surface area (Å²) < 4.78 is 4.68. The third kappa shape index (κ3) is 3.55. The first kappa shape index (κ1) is 11.5. The first-order valence-corrected chi connectivity index (χ1v) is 4.75. The van der Waals surface area contributed by atoms with E-state index in [-0.39, 0.29) is 23.9 Å². The Kier molecular flexibility index (Phi) is 4.05. The highest BCUT2D eigenvalue weighted by Gasteiger charge is 2.04. The topological polar surface area (TPSA) is 84.6 Å². The Morgan fingerprint density at radius 1 is 1.60 bits per heavy atom. The summed E-state index contributed by atoms with van der Waals surface area (Å²) in [7, 11) is 0. The molecule has 0 saturated heterocycles. The van der Waals surface area contributed by atoms with Crippen molar-refractivity contribution in [3.05, 3.63) is 18.2 Å². The van der Waals surface area contributed by atoms with Gasteiger partial charge in [0.15, 0.2) is 0 Å². The van der Waals surface area contributed by atoms with Crippen LogP contribution in [0.2, 0.25) is 0 Å². The van der Waals surface area contributed by atoms with E-state index in [4.69, 9.17) is 22.4 Å². The summed E-state index contributed by atoms with van der Waals surface area (Å²) in [4.78, 5) is 11.1. The molecule has 0 fully saturated rings. The van der Waals surface area contributed by atoms with E-state index in [0.717, 1.165) is 0 Å². The van der Waals surface area contributed by atoms with Crippen molar-refractivity contribution in [3.8, 4) is 5.75 Å². The molecule has 0 aliphatic rings. The van der Waals surface area contributed by atoms with E-state index in [1.807, 2.05) is 0 Å². The fraction of sp³-hybridized carbons (Fsp3) is 0.222. The number of phenolic OH excluding ortho intramolecular Hbond substituents is 1. The van der Waals surface area contributed by atoms with E-state index < -0.39 is 6.09 Å². The zero-order chi connectivity index (χ0) is 11.3.